The summed E-state index contributed by atoms with van der Waals surface area (Å²) in [5.41, 5.74) is 5.16. The number of nitrogens with zero attached hydrogens (tertiary/aromatic N) is 3. The van der Waals surface area contributed by atoms with Crippen LogP contribution in [0.3, 0.4) is 0 Å². The van der Waals surface area contributed by atoms with Gasteiger partial charge in [-0.1, -0.05) is 22.0 Å². The standard InChI is InChI=1S/C12H16BrN5/c1-8-3-9(5-10(13)4-8)11(17-14)6-12-15-7-16-18(12)2/h3-5,7,11,17H,6,14H2,1-2H3. The monoisotopic (exact) mass is 309 g/mol. The number of nitrogens with one attached hydrogen (secondary N) is 1. The van der Waals surface area contributed by atoms with Crippen LogP contribution in [0.5, 0.6) is 0 Å². The molecule has 1 unspecified atom stereocenters. The maximum atomic E-state index is 5.65. The van der Waals surface area contributed by atoms with Gasteiger partial charge in [-0.25, -0.2) is 4.98 Å². The van der Waals surface area contributed by atoms with E-state index in [1.807, 2.05) is 7.05 Å². The zero-order valence-corrected chi connectivity index (χ0v) is 12.0. The van der Waals surface area contributed by atoms with Gasteiger partial charge in [0.25, 0.3) is 0 Å². The zero-order valence-electron chi connectivity index (χ0n) is 10.4. The van der Waals surface area contributed by atoms with Gasteiger partial charge in [0.2, 0.25) is 0 Å². The summed E-state index contributed by atoms with van der Waals surface area (Å²) in [7, 11) is 1.88. The number of nitrogens with two attached hydrogens (primary N) is 1. The summed E-state index contributed by atoms with van der Waals surface area (Å²) in [5.74, 6) is 6.55. The molecule has 0 saturated heterocycles. The second-order valence-corrected chi connectivity index (χ2v) is 5.20. The average Bonchev–Trinajstić information content (AvgIpc) is 2.70. The van der Waals surface area contributed by atoms with Gasteiger partial charge in [0, 0.05) is 17.9 Å². The van der Waals surface area contributed by atoms with E-state index in [1.54, 1.807) is 11.0 Å². The average molecular weight is 310 g/mol. The van der Waals surface area contributed by atoms with Gasteiger partial charge in [0.1, 0.15) is 12.2 Å². The van der Waals surface area contributed by atoms with E-state index >= 15 is 0 Å². The SMILES string of the molecule is Cc1cc(Br)cc(C(Cc2ncnn2C)NN)c1. The zero-order chi connectivity index (χ0) is 13.1. The summed E-state index contributed by atoms with van der Waals surface area (Å²) in [4.78, 5) is 4.22. The molecule has 96 valence electrons. The second kappa shape index (κ2) is 5.60. The first-order chi connectivity index (χ1) is 8.60. The molecule has 0 radical (unpaired) electrons. The summed E-state index contributed by atoms with van der Waals surface area (Å²) < 4.78 is 2.81. The Balaban J connectivity index is 2.25. The van der Waals surface area contributed by atoms with Gasteiger partial charge in [-0.2, -0.15) is 5.10 Å². The molecule has 18 heavy (non-hydrogen) atoms. The van der Waals surface area contributed by atoms with E-state index in [2.05, 4.69) is 56.6 Å². The van der Waals surface area contributed by atoms with Crippen LogP contribution in [0.1, 0.15) is 23.0 Å². The van der Waals surface area contributed by atoms with Crippen LogP contribution in [0, 0.1) is 6.92 Å². The van der Waals surface area contributed by atoms with Gasteiger partial charge >= 0.3 is 0 Å². The highest BCUT2D eigenvalue weighted by Crippen LogP contribution is 2.22. The van der Waals surface area contributed by atoms with Crippen molar-refractivity contribution in [1.29, 1.82) is 0 Å². The number of benzene rings is 1. The number of aromatic nitrogens is 3. The van der Waals surface area contributed by atoms with E-state index < -0.39 is 0 Å². The van der Waals surface area contributed by atoms with Gasteiger partial charge in [-0.3, -0.25) is 16.0 Å². The van der Waals surface area contributed by atoms with Crippen LogP contribution < -0.4 is 11.3 Å². The van der Waals surface area contributed by atoms with Gasteiger partial charge in [0.05, 0.1) is 6.04 Å². The Morgan fingerprint density at radius 3 is 2.78 bits per heavy atom. The van der Waals surface area contributed by atoms with Gasteiger partial charge in [0.15, 0.2) is 0 Å². The molecule has 0 aliphatic heterocycles. The van der Waals surface area contributed by atoms with E-state index in [9.17, 15) is 0 Å². The largest absolute Gasteiger partial charge is 0.271 e. The Bertz CT molecular complexity index is 517. The van der Waals surface area contributed by atoms with E-state index in [0.29, 0.717) is 6.42 Å². The maximum absolute atomic E-state index is 5.65. The van der Waals surface area contributed by atoms with Crippen LogP contribution in [-0.4, -0.2) is 14.8 Å². The summed E-state index contributed by atoms with van der Waals surface area (Å²) in [6, 6.07) is 6.27. The minimum absolute atomic E-state index is 0.0177. The molecule has 1 heterocycles. The smallest absolute Gasteiger partial charge is 0.138 e. The van der Waals surface area contributed by atoms with Crippen LogP contribution >= 0.6 is 15.9 Å². The lowest BCUT2D eigenvalue weighted by atomic mass is 10.0. The van der Waals surface area contributed by atoms with E-state index in [4.69, 9.17) is 5.84 Å². The van der Waals surface area contributed by atoms with Crippen LogP contribution in [0.4, 0.5) is 0 Å². The van der Waals surface area contributed by atoms with Gasteiger partial charge < -0.3 is 0 Å². The fourth-order valence-electron chi connectivity index (χ4n) is 1.93. The molecule has 0 fully saturated rings. The molecule has 2 rings (SSSR count). The Morgan fingerprint density at radius 1 is 1.44 bits per heavy atom. The molecule has 0 amide bonds. The molecule has 6 heteroatoms. The van der Waals surface area contributed by atoms with Crippen molar-refractivity contribution in [1.82, 2.24) is 20.2 Å². The first kappa shape index (κ1) is 13.2. The van der Waals surface area contributed by atoms with Crippen molar-refractivity contribution in [2.75, 3.05) is 0 Å². The van der Waals surface area contributed by atoms with Crippen molar-refractivity contribution < 1.29 is 0 Å². The van der Waals surface area contributed by atoms with Crippen molar-refractivity contribution in [3.63, 3.8) is 0 Å². The van der Waals surface area contributed by atoms with Crippen molar-refractivity contribution in [2.24, 2.45) is 12.9 Å². The fourth-order valence-corrected chi connectivity index (χ4v) is 2.55. The predicted molar refractivity (Wildman–Crippen MR) is 73.7 cm³/mol. The van der Waals surface area contributed by atoms with E-state index in [-0.39, 0.29) is 6.04 Å². The Morgan fingerprint density at radius 2 is 2.22 bits per heavy atom. The summed E-state index contributed by atoms with van der Waals surface area (Å²) in [5, 5.41) is 4.06. The molecule has 1 aromatic carbocycles. The van der Waals surface area contributed by atoms with Crippen molar-refractivity contribution in [2.45, 2.75) is 19.4 Å². The lowest BCUT2D eigenvalue weighted by Gasteiger charge is -2.16. The molecule has 0 saturated carbocycles. The predicted octanol–water partition coefficient (Wildman–Crippen LogP) is 1.63. The first-order valence-corrected chi connectivity index (χ1v) is 6.45. The summed E-state index contributed by atoms with van der Waals surface area (Å²) in [6.07, 6.45) is 2.25. The maximum Gasteiger partial charge on any atom is 0.138 e. The van der Waals surface area contributed by atoms with Crippen molar-refractivity contribution in [3.8, 4) is 0 Å². The van der Waals surface area contributed by atoms with Crippen LogP contribution in [0.15, 0.2) is 29.0 Å². The number of hydrogen-bond acceptors (Lipinski definition) is 4. The molecule has 3 N–H and O–H groups in total. The third-order valence-corrected chi connectivity index (χ3v) is 3.32. The number of hydrogen-bond donors (Lipinski definition) is 2. The van der Waals surface area contributed by atoms with Crippen LogP contribution in [0.2, 0.25) is 0 Å². The van der Waals surface area contributed by atoms with E-state index in [1.165, 1.54) is 5.56 Å². The van der Waals surface area contributed by atoms with E-state index in [0.717, 1.165) is 15.9 Å². The molecular weight excluding hydrogens is 294 g/mol. The van der Waals surface area contributed by atoms with Crippen molar-refractivity contribution in [3.05, 3.63) is 46.0 Å². The molecule has 2 aromatic rings. The molecule has 0 bridgehead atoms. The quantitative estimate of drug-likeness (QED) is 0.665. The Hall–Kier alpha value is -1.24. The lowest BCUT2D eigenvalue weighted by Crippen LogP contribution is -2.30. The molecular formula is C12H16BrN5. The van der Waals surface area contributed by atoms with Crippen LogP contribution in [0.25, 0.3) is 0 Å². The highest BCUT2D eigenvalue weighted by Gasteiger charge is 2.14. The van der Waals surface area contributed by atoms with Crippen molar-refractivity contribution >= 4 is 15.9 Å². The molecule has 1 aromatic heterocycles. The Kier molecular flexibility index (Phi) is 4.11. The minimum atomic E-state index is 0.0177. The normalized spacial score (nSPS) is 12.7. The minimum Gasteiger partial charge on any atom is -0.271 e. The molecule has 5 nitrogen and oxygen atoms in total. The number of rotatable bonds is 4. The van der Waals surface area contributed by atoms with Gasteiger partial charge in [-0.05, 0) is 30.2 Å². The second-order valence-electron chi connectivity index (χ2n) is 4.29. The molecule has 0 aliphatic rings. The molecule has 0 aliphatic carbocycles. The highest BCUT2D eigenvalue weighted by molar-refractivity contribution is 9.10. The summed E-state index contributed by atoms with van der Waals surface area (Å²) in [6.45, 7) is 2.06. The number of hydrazine groups is 1. The molecule has 1 atom stereocenters. The van der Waals surface area contributed by atoms with Gasteiger partial charge in [-0.15, -0.1) is 0 Å². The fraction of sp³-hybridized carbons (Fsp3) is 0.333. The Labute approximate surface area is 115 Å². The first-order valence-electron chi connectivity index (χ1n) is 5.66. The third kappa shape index (κ3) is 2.95. The lowest BCUT2D eigenvalue weighted by molar-refractivity contribution is 0.523. The third-order valence-electron chi connectivity index (χ3n) is 2.86. The molecule has 0 spiro atoms. The van der Waals surface area contributed by atoms with Crippen LogP contribution in [-0.2, 0) is 13.5 Å². The number of halogens is 1. The highest BCUT2D eigenvalue weighted by atomic mass is 79.9. The number of aryl methyl sites for hydroxylation is 2. The summed E-state index contributed by atoms with van der Waals surface area (Å²) >= 11 is 3.50. The topological polar surface area (TPSA) is 68.8 Å².